The molecule has 0 aliphatic heterocycles. The van der Waals surface area contributed by atoms with Gasteiger partial charge in [-0.15, -0.1) is 0 Å². The van der Waals surface area contributed by atoms with E-state index in [2.05, 4.69) is 17.2 Å². The number of hydrogen-bond acceptors (Lipinski definition) is 2. The van der Waals surface area contributed by atoms with Crippen LogP contribution in [0.2, 0.25) is 0 Å². The molecule has 2 nitrogen and oxygen atoms in total. The minimum atomic E-state index is 1.05. The summed E-state index contributed by atoms with van der Waals surface area (Å²) < 4.78 is 0. The fraction of sp³-hybridized carbons (Fsp3) is 0.111. The van der Waals surface area contributed by atoms with E-state index >= 15 is 0 Å². The van der Waals surface area contributed by atoms with Crippen LogP contribution in [0.4, 0.5) is 11.4 Å². The van der Waals surface area contributed by atoms with Gasteiger partial charge < -0.3 is 10.6 Å². The van der Waals surface area contributed by atoms with Gasteiger partial charge in [-0.1, -0.05) is 6.58 Å². The fourth-order valence-corrected chi connectivity index (χ4v) is 0.851. The van der Waals surface area contributed by atoms with Crippen LogP contribution in [0.25, 0.3) is 0 Å². The van der Waals surface area contributed by atoms with E-state index in [1.807, 2.05) is 31.3 Å². The molecule has 0 saturated carbocycles. The van der Waals surface area contributed by atoms with E-state index in [0.29, 0.717) is 0 Å². The van der Waals surface area contributed by atoms with Crippen molar-refractivity contribution in [3.05, 3.63) is 37.0 Å². The van der Waals surface area contributed by atoms with E-state index in [0.717, 1.165) is 11.4 Å². The van der Waals surface area contributed by atoms with E-state index in [9.17, 15) is 0 Å². The molecule has 0 radical (unpaired) electrons. The average Bonchev–Trinajstić information content (AvgIpc) is 2.07. The Labute approximate surface area is 66.9 Å². The molecule has 2 heteroatoms. The molecule has 0 fully saturated rings. The van der Waals surface area contributed by atoms with E-state index in [-0.39, 0.29) is 0 Å². The van der Waals surface area contributed by atoms with Gasteiger partial charge in [0.15, 0.2) is 0 Å². The molecule has 0 spiro atoms. The molecule has 0 saturated heterocycles. The maximum absolute atomic E-state index is 3.57. The quantitative estimate of drug-likeness (QED) is 0.687. The Hall–Kier alpha value is -1.44. The topological polar surface area (TPSA) is 24.1 Å². The lowest BCUT2D eigenvalue weighted by Gasteiger charge is -2.01. The zero-order chi connectivity index (χ0) is 8.10. The van der Waals surface area contributed by atoms with Crippen molar-refractivity contribution in [1.82, 2.24) is 0 Å². The van der Waals surface area contributed by atoms with Gasteiger partial charge in [0.05, 0.1) is 0 Å². The van der Waals surface area contributed by atoms with Crippen molar-refractivity contribution in [3.63, 3.8) is 0 Å². The van der Waals surface area contributed by atoms with Crippen LogP contribution in [0.15, 0.2) is 37.0 Å². The highest BCUT2D eigenvalue weighted by Crippen LogP contribution is 2.12. The summed E-state index contributed by atoms with van der Waals surface area (Å²) in [5.41, 5.74) is 2.17. The number of anilines is 2. The van der Waals surface area contributed by atoms with Crippen LogP contribution in [0.3, 0.4) is 0 Å². The number of nitrogens with one attached hydrogen (secondary N) is 2. The molecular formula is C9H12N2. The summed E-state index contributed by atoms with van der Waals surface area (Å²) in [7, 11) is 1.90. The van der Waals surface area contributed by atoms with Gasteiger partial charge in [-0.05, 0) is 30.5 Å². The van der Waals surface area contributed by atoms with Gasteiger partial charge in [-0.3, -0.25) is 0 Å². The molecule has 0 atom stereocenters. The molecular weight excluding hydrogens is 136 g/mol. The number of rotatable bonds is 3. The lowest BCUT2D eigenvalue weighted by atomic mass is 10.3. The Morgan fingerprint density at radius 2 is 1.73 bits per heavy atom. The Morgan fingerprint density at radius 1 is 1.18 bits per heavy atom. The Balaban J connectivity index is 2.74. The zero-order valence-corrected chi connectivity index (χ0v) is 6.59. The van der Waals surface area contributed by atoms with Gasteiger partial charge in [-0.2, -0.15) is 0 Å². The first kappa shape index (κ1) is 7.66. The first-order chi connectivity index (χ1) is 5.36. The van der Waals surface area contributed by atoms with E-state index in [1.54, 1.807) is 6.20 Å². The zero-order valence-electron chi connectivity index (χ0n) is 6.59. The summed E-state index contributed by atoms with van der Waals surface area (Å²) in [6.45, 7) is 3.57. The third-order valence-corrected chi connectivity index (χ3v) is 1.44. The molecule has 0 aliphatic rings. The van der Waals surface area contributed by atoms with Gasteiger partial charge in [0.25, 0.3) is 0 Å². The van der Waals surface area contributed by atoms with Crippen LogP contribution >= 0.6 is 0 Å². The molecule has 1 aromatic rings. The second-order valence-corrected chi connectivity index (χ2v) is 2.18. The molecule has 0 unspecified atom stereocenters. The van der Waals surface area contributed by atoms with Crippen molar-refractivity contribution in [1.29, 1.82) is 0 Å². The standard InChI is InChI=1S/C9H12N2/c1-3-11-9-6-4-8(10-2)5-7-9/h3-7,10-11H,1H2,2H3. The summed E-state index contributed by atoms with van der Waals surface area (Å²) in [6, 6.07) is 8.00. The van der Waals surface area contributed by atoms with E-state index in [4.69, 9.17) is 0 Å². The van der Waals surface area contributed by atoms with Crippen molar-refractivity contribution in [2.24, 2.45) is 0 Å². The van der Waals surface area contributed by atoms with Gasteiger partial charge in [0.2, 0.25) is 0 Å². The maximum atomic E-state index is 3.57. The SMILES string of the molecule is C=CNc1ccc(NC)cc1. The second kappa shape index (κ2) is 3.66. The molecule has 11 heavy (non-hydrogen) atoms. The van der Waals surface area contributed by atoms with Crippen molar-refractivity contribution in [3.8, 4) is 0 Å². The molecule has 58 valence electrons. The summed E-state index contributed by atoms with van der Waals surface area (Å²) in [5, 5.41) is 6.04. The van der Waals surface area contributed by atoms with Crippen LogP contribution in [0.1, 0.15) is 0 Å². The lowest BCUT2D eigenvalue weighted by Crippen LogP contribution is -1.89. The van der Waals surface area contributed by atoms with Crippen molar-refractivity contribution in [2.45, 2.75) is 0 Å². The molecule has 1 rings (SSSR count). The minimum absolute atomic E-state index is 1.05. The highest BCUT2D eigenvalue weighted by molar-refractivity contribution is 5.54. The van der Waals surface area contributed by atoms with E-state index < -0.39 is 0 Å². The van der Waals surface area contributed by atoms with Gasteiger partial charge in [0.1, 0.15) is 0 Å². The number of benzene rings is 1. The molecule has 2 N–H and O–H groups in total. The molecule has 1 aromatic carbocycles. The van der Waals surface area contributed by atoms with Gasteiger partial charge in [0, 0.05) is 18.4 Å². The highest BCUT2D eigenvalue weighted by Gasteiger charge is 1.87. The number of hydrogen-bond donors (Lipinski definition) is 2. The van der Waals surface area contributed by atoms with Crippen LogP contribution in [0.5, 0.6) is 0 Å². The normalized spacial score (nSPS) is 8.82. The van der Waals surface area contributed by atoms with Crippen molar-refractivity contribution < 1.29 is 0 Å². The third-order valence-electron chi connectivity index (χ3n) is 1.44. The van der Waals surface area contributed by atoms with Crippen LogP contribution in [0, 0.1) is 0 Å². The molecule has 0 heterocycles. The van der Waals surface area contributed by atoms with Gasteiger partial charge >= 0.3 is 0 Å². The third kappa shape index (κ3) is 2.00. The Kier molecular flexibility index (Phi) is 2.55. The highest BCUT2D eigenvalue weighted by atomic mass is 14.8. The monoisotopic (exact) mass is 148 g/mol. The smallest absolute Gasteiger partial charge is 0.0381 e. The van der Waals surface area contributed by atoms with E-state index in [1.165, 1.54) is 0 Å². The summed E-state index contributed by atoms with van der Waals surface area (Å²) in [4.78, 5) is 0. The molecule has 0 bridgehead atoms. The Bertz CT molecular complexity index is 226. The van der Waals surface area contributed by atoms with Gasteiger partial charge in [-0.25, -0.2) is 0 Å². The van der Waals surface area contributed by atoms with Crippen molar-refractivity contribution in [2.75, 3.05) is 17.7 Å². The molecule has 0 aliphatic carbocycles. The molecule has 0 aromatic heterocycles. The van der Waals surface area contributed by atoms with Crippen LogP contribution in [-0.4, -0.2) is 7.05 Å². The first-order valence-electron chi connectivity index (χ1n) is 3.52. The largest absolute Gasteiger partial charge is 0.388 e. The predicted octanol–water partition coefficient (Wildman–Crippen LogP) is 2.28. The minimum Gasteiger partial charge on any atom is -0.388 e. The summed E-state index contributed by atoms with van der Waals surface area (Å²) >= 11 is 0. The average molecular weight is 148 g/mol. The van der Waals surface area contributed by atoms with Crippen LogP contribution in [-0.2, 0) is 0 Å². The maximum Gasteiger partial charge on any atom is 0.0381 e. The predicted molar refractivity (Wildman–Crippen MR) is 49.8 cm³/mol. The second-order valence-electron chi connectivity index (χ2n) is 2.18. The molecule has 0 amide bonds. The van der Waals surface area contributed by atoms with Crippen molar-refractivity contribution >= 4 is 11.4 Å². The summed E-state index contributed by atoms with van der Waals surface area (Å²) in [5.74, 6) is 0. The lowest BCUT2D eigenvalue weighted by molar-refractivity contribution is 1.50. The summed E-state index contributed by atoms with van der Waals surface area (Å²) in [6.07, 6.45) is 1.66. The van der Waals surface area contributed by atoms with Crippen LogP contribution < -0.4 is 10.6 Å². The first-order valence-corrected chi connectivity index (χ1v) is 3.52. The Morgan fingerprint density at radius 3 is 2.18 bits per heavy atom. The fourth-order valence-electron chi connectivity index (χ4n) is 0.851.